The molecular formula is C35H39F2N11O4. The third-order valence-corrected chi connectivity index (χ3v) is 10.9. The normalized spacial score (nSPS) is 21.3. The largest absolute Gasteiger partial charge is 0.370 e. The molecule has 8 rings (SSSR count). The highest BCUT2D eigenvalue weighted by Crippen LogP contribution is 2.43. The number of halogens is 2. The average molecular weight is 716 g/mol. The number of piperidine rings is 2. The molecule has 2 saturated heterocycles. The van der Waals surface area contributed by atoms with Gasteiger partial charge < -0.3 is 20.1 Å². The summed E-state index contributed by atoms with van der Waals surface area (Å²) in [7, 11) is 3.85. The standard InChI is InChI=1S/C35H39F2N11O4/c1-44(18-19-15-20(16-19)30-41-27(29(36)37)31(42-30)43-33(50)22-17-39-47-12-4-11-38-32(22)47)21-9-13-46(14-10-21)23-5-3-6-24-28(23)45(2)35(52)48(24)25-7-8-26(49)40-34(25)51/h3-6,11-12,17,19-21,25,29H,7-10,13-16,18H2,1-2H3,(H,41,42)(H,43,50)(H,40,49,51)/t19-,20-,25?. The molecule has 1 aromatic carbocycles. The van der Waals surface area contributed by atoms with E-state index in [1.165, 1.54) is 21.5 Å². The van der Waals surface area contributed by atoms with Crippen LogP contribution in [-0.4, -0.2) is 89.0 Å². The second kappa shape index (κ2) is 13.3. The van der Waals surface area contributed by atoms with E-state index in [1.54, 1.807) is 23.9 Å². The summed E-state index contributed by atoms with van der Waals surface area (Å²) < 4.78 is 32.5. The van der Waals surface area contributed by atoms with Gasteiger partial charge in [-0.3, -0.25) is 28.8 Å². The van der Waals surface area contributed by atoms with Crippen molar-refractivity contribution in [2.75, 3.05) is 36.9 Å². The Morgan fingerprint density at radius 1 is 1.12 bits per heavy atom. The van der Waals surface area contributed by atoms with Crippen LogP contribution in [0.3, 0.4) is 0 Å². The highest BCUT2D eigenvalue weighted by Gasteiger charge is 2.37. The number of para-hydroxylation sites is 1. The van der Waals surface area contributed by atoms with Crippen LogP contribution >= 0.6 is 0 Å². The van der Waals surface area contributed by atoms with Crippen molar-refractivity contribution in [2.45, 2.75) is 63.0 Å². The first-order chi connectivity index (χ1) is 25.1. The Hall–Kier alpha value is -5.45. The summed E-state index contributed by atoms with van der Waals surface area (Å²) in [5.74, 6) is -0.667. The number of aromatic amines is 1. The number of benzene rings is 1. The predicted octanol–water partition coefficient (Wildman–Crippen LogP) is 3.37. The minimum Gasteiger partial charge on any atom is -0.370 e. The van der Waals surface area contributed by atoms with Crippen LogP contribution in [0.15, 0.2) is 47.7 Å². The van der Waals surface area contributed by atoms with Crippen molar-refractivity contribution in [2.24, 2.45) is 13.0 Å². The van der Waals surface area contributed by atoms with Crippen molar-refractivity contribution in [3.8, 4) is 0 Å². The predicted molar refractivity (Wildman–Crippen MR) is 186 cm³/mol. The fourth-order valence-electron chi connectivity index (χ4n) is 8.14. The van der Waals surface area contributed by atoms with E-state index in [9.17, 15) is 28.0 Å². The maximum Gasteiger partial charge on any atom is 0.329 e. The first-order valence-corrected chi connectivity index (χ1v) is 17.5. The molecule has 4 aromatic heterocycles. The number of imide groups is 1. The van der Waals surface area contributed by atoms with Gasteiger partial charge >= 0.3 is 5.69 Å². The molecular weight excluding hydrogens is 676 g/mol. The van der Waals surface area contributed by atoms with Crippen molar-refractivity contribution in [1.29, 1.82) is 0 Å². The van der Waals surface area contributed by atoms with Gasteiger partial charge in [0.2, 0.25) is 11.8 Å². The number of nitrogens with one attached hydrogen (secondary N) is 3. The van der Waals surface area contributed by atoms with Gasteiger partial charge in [-0.2, -0.15) is 5.10 Å². The number of alkyl halides is 2. The van der Waals surface area contributed by atoms with Crippen LogP contribution in [-0.2, 0) is 16.6 Å². The van der Waals surface area contributed by atoms with Crippen LogP contribution in [0.4, 0.5) is 20.3 Å². The zero-order valence-electron chi connectivity index (χ0n) is 28.8. The van der Waals surface area contributed by atoms with Gasteiger partial charge in [0.05, 0.1) is 22.9 Å². The molecule has 1 aliphatic carbocycles. The molecule has 5 aromatic rings. The summed E-state index contributed by atoms with van der Waals surface area (Å²) in [5.41, 5.74) is 2.11. The SMILES string of the molecule is CN(C[C@H]1C[C@H](c2nc(C(F)F)c(NC(=O)c3cnn4cccnc34)[nH]2)C1)C1CCN(c2cccc3c2n(C)c(=O)n3C2CCC(=O)NC2=O)CC1. The van der Waals surface area contributed by atoms with E-state index in [0.29, 0.717) is 28.9 Å². The zero-order chi connectivity index (χ0) is 36.3. The van der Waals surface area contributed by atoms with E-state index in [0.717, 1.165) is 56.5 Å². The lowest BCUT2D eigenvalue weighted by atomic mass is 9.74. The summed E-state index contributed by atoms with van der Waals surface area (Å²) in [6, 6.07) is 7.07. The number of aryl methyl sites for hydroxylation is 1. The Morgan fingerprint density at radius 3 is 2.65 bits per heavy atom. The Labute approximate surface area is 296 Å². The van der Waals surface area contributed by atoms with Crippen LogP contribution in [0.5, 0.6) is 0 Å². The first-order valence-electron chi connectivity index (χ1n) is 17.5. The molecule has 272 valence electrons. The molecule has 0 radical (unpaired) electrons. The minimum absolute atomic E-state index is 0.0124. The Kier molecular flexibility index (Phi) is 8.59. The number of hydrogen-bond acceptors (Lipinski definition) is 9. The summed E-state index contributed by atoms with van der Waals surface area (Å²) in [6.45, 7) is 2.46. The van der Waals surface area contributed by atoms with Gasteiger partial charge in [-0.15, -0.1) is 0 Å². The lowest BCUT2D eigenvalue weighted by molar-refractivity contribution is -0.135. The van der Waals surface area contributed by atoms with Gasteiger partial charge in [-0.1, -0.05) is 6.07 Å². The molecule has 15 nitrogen and oxygen atoms in total. The van der Waals surface area contributed by atoms with Gasteiger partial charge in [0.15, 0.2) is 5.65 Å². The quantitative estimate of drug-likeness (QED) is 0.194. The van der Waals surface area contributed by atoms with Crippen LogP contribution in [0, 0.1) is 5.92 Å². The Bertz CT molecular complexity index is 2240. The number of fused-ring (bicyclic) bond motifs is 2. The number of rotatable bonds is 9. The van der Waals surface area contributed by atoms with E-state index in [-0.39, 0.29) is 41.7 Å². The van der Waals surface area contributed by atoms with E-state index in [1.807, 2.05) is 18.2 Å². The molecule has 0 spiro atoms. The lowest BCUT2D eigenvalue weighted by Crippen LogP contribution is -2.46. The number of nitrogens with zero attached hydrogens (tertiary/aromatic N) is 8. The molecule has 1 unspecified atom stereocenters. The molecule has 3 N–H and O–H groups in total. The van der Waals surface area contributed by atoms with Crippen molar-refractivity contribution in [3.63, 3.8) is 0 Å². The monoisotopic (exact) mass is 715 g/mol. The average Bonchev–Trinajstić information content (AvgIpc) is 3.81. The van der Waals surface area contributed by atoms with E-state index < -0.39 is 30.0 Å². The van der Waals surface area contributed by atoms with Gasteiger partial charge in [-0.25, -0.2) is 28.1 Å². The highest BCUT2D eigenvalue weighted by atomic mass is 19.3. The van der Waals surface area contributed by atoms with Gasteiger partial charge in [0, 0.05) is 57.5 Å². The van der Waals surface area contributed by atoms with E-state index >= 15 is 0 Å². The van der Waals surface area contributed by atoms with Gasteiger partial charge in [-0.05, 0) is 63.3 Å². The molecule has 3 fully saturated rings. The molecule has 52 heavy (non-hydrogen) atoms. The topological polar surface area (TPSA) is 168 Å². The highest BCUT2D eigenvalue weighted by molar-refractivity contribution is 6.08. The number of hydrogen-bond donors (Lipinski definition) is 3. The number of aromatic nitrogens is 7. The summed E-state index contributed by atoms with van der Waals surface area (Å²) in [6.07, 6.45) is 5.57. The minimum atomic E-state index is -2.86. The van der Waals surface area contributed by atoms with Gasteiger partial charge in [0.1, 0.15) is 28.9 Å². The van der Waals surface area contributed by atoms with Crippen molar-refractivity contribution < 1.29 is 23.2 Å². The van der Waals surface area contributed by atoms with Crippen LogP contribution < -0.4 is 21.2 Å². The molecule has 1 atom stereocenters. The fourth-order valence-corrected chi connectivity index (χ4v) is 8.14. The summed E-state index contributed by atoms with van der Waals surface area (Å²) in [5, 5.41) is 9.02. The molecule has 6 heterocycles. The molecule has 3 aliphatic rings. The smallest absolute Gasteiger partial charge is 0.329 e. The molecule has 17 heteroatoms. The summed E-state index contributed by atoms with van der Waals surface area (Å²) in [4.78, 5) is 66.8. The van der Waals surface area contributed by atoms with Crippen LogP contribution in [0.25, 0.3) is 16.7 Å². The zero-order valence-corrected chi connectivity index (χ0v) is 28.8. The molecule has 3 amide bonds. The van der Waals surface area contributed by atoms with Crippen LogP contribution in [0.1, 0.15) is 78.8 Å². The maximum atomic E-state index is 14.0. The number of carbonyl (C=O) groups is 3. The van der Waals surface area contributed by atoms with Crippen molar-refractivity contribution >= 4 is 45.9 Å². The lowest BCUT2D eigenvalue weighted by Gasteiger charge is -2.42. The molecule has 1 saturated carbocycles. The second-order valence-corrected chi connectivity index (χ2v) is 14.1. The number of imidazole rings is 2. The second-order valence-electron chi connectivity index (χ2n) is 14.1. The van der Waals surface area contributed by atoms with Crippen LogP contribution in [0.2, 0.25) is 0 Å². The van der Waals surface area contributed by atoms with E-state index in [4.69, 9.17) is 0 Å². The number of carbonyl (C=O) groups excluding carboxylic acids is 3. The Morgan fingerprint density at radius 2 is 1.90 bits per heavy atom. The number of anilines is 2. The third-order valence-electron chi connectivity index (χ3n) is 10.9. The van der Waals surface area contributed by atoms with Gasteiger partial charge in [0.25, 0.3) is 12.3 Å². The van der Waals surface area contributed by atoms with Crippen molar-refractivity contribution in [3.05, 3.63) is 70.4 Å². The number of amides is 3. The molecule has 0 bridgehead atoms. The Balaban J connectivity index is 0.878. The maximum absolute atomic E-state index is 14.0. The molecule has 2 aliphatic heterocycles. The fraction of sp³-hybridized carbons (Fsp3) is 0.457. The summed E-state index contributed by atoms with van der Waals surface area (Å²) >= 11 is 0. The first kappa shape index (κ1) is 33.7. The van der Waals surface area contributed by atoms with Crippen molar-refractivity contribution in [1.82, 2.24) is 43.9 Å². The third kappa shape index (κ3) is 5.91. The number of H-pyrrole nitrogens is 1. The van der Waals surface area contributed by atoms with E-state index in [2.05, 4.69) is 47.5 Å².